The molecule has 3 nitrogen and oxygen atoms in total. The average Bonchev–Trinajstić information content (AvgIpc) is 2.01. The first-order valence-corrected chi connectivity index (χ1v) is 3.77. The van der Waals surface area contributed by atoms with Crippen molar-refractivity contribution < 1.29 is 9.84 Å². The lowest BCUT2D eigenvalue weighted by Crippen LogP contribution is -1.89. The molecule has 0 bridgehead atoms. The van der Waals surface area contributed by atoms with Gasteiger partial charge >= 0.3 is 0 Å². The first-order valence-electron chi connectivity index (χ1n) is 2.97. The zero-order valence-electron chi connectivity index (χ0n) is 5.97. The van der Waals surface area contributed by atoms with Gasteiger partial charge in [0.15, 0.2) is 5.75 Å². The van der Waals surface area contributed by atoms with E-state index in [1.54, 1.807) is 12.1 Å². The smallest absolute Gasteiger partial charge is 0.156 e. The second-order valence-corrected chi connectivity index (χ2v) is 2.81. The number of halogens is 1. The first-order chi connectivity index (χ1) is 5.16. The number of benzene rings is 1. The van der Waals surface area contributed by atoms with E-state index < -0.39 is 0 Å². The molecule has 0 radical (unpaired) electrons. The van der Waals surface area contributed by atoms with E-state index in [0.29, 0.717) is 15.9 Å². The van der Waals surface area contributed by atoms with Crippen molar-refractivity contribution in [3.8, 4) is 11.5 Å². The number of nitrogen functional groups attached to an aromatic ring is 1. The molecule has 0 saturated heterocycles. The molecule has 1 aromatic carbocycles. The third kappa shape index (κ3) is 1.40. The molecule has 11 heavy (non-hydrogen) atoms. The van der Waals surface area contributed by atoms with Crippen molar-refractivity contribution in [2.45, 2.75) is 0 Å². The molecule has 0 amide bonds. The van der Waals surface area contributed by atoms with Crippen LogP contribution in [0.2, 0.25) is 0 Å². The van der Waals surface area contributed by atoms with E-state index in [1.807, 2.05) is 0 Å². The van der Waals surface area contributed by atoms with Gasteiger partial charge in [-0.1, -0.05) is 0 Å². The molecule has 60 valence electrons. The maximum atomic E-state index is 9.27. The zero-order valence-corrected chi connectivity index (χ0v) is 7.55. The lowest BCUT2D eigenvalue weighted by Gasteiger charge is -2.05. The van der Waals surface area contributed by atoms with Crippen molar-refractivity contribution in [2.75, 3.05) is 12.8 Å². The van der Waals surface area contributed by atoms with Gasteiger partial charge in [-0.05, 0) is 28.1 Å². The van der Waals surface area contributed by atoms with Gasteiger partial charge in [-0.2, -0.15) is 0 Å². The molecule has 1 aromatic rings. The molecule has 0 aromatic heterocycles. The van der Waals surface area contributed by atoms with Crippen LogP contribution < -0.4 is 10.5 Å². The molecule has 0 atom stereocenters. The quantitative estimate of drug-likeness (QED) is 0.557. The highest BCUT2D eigenvalue weighted by molar-refractivity contribution is 9.10. The minimum Gasteiger partial charge on any atom is -0.505 e. The Hall–Kier alpha value is -0.900. The third-order valence-corrected chi connectivity index (χ3v) is 2.10. The molecule has 1 rings (SSSR count). The Morgan fingerprint density at radius 2 is 2.18 bits per heavy atom. The highest BCUT2D eigenvalue weighted by Crippen LogP contribution is 2.37. The molecule has 0 aliphatic rings. The maximum absolute atomic E-state index is 9.27. The van der Waals surface area contributed by atoms with Crippen LogP contribution in [0.3, 0.4) is 0 Å². The molecule has 0 fully saturated rings. The fraction of sp³-hybridized carbons (Fsp3) is 0.143. The van der Waals surface area contributed by atoms with Gasteiger partial charge in [-0.15, -0.1) is 0 Å². The summed E-state index contributed by atoms with van der Waals surface area (Å²) >= 11 is 3.14. The van der Waals surface area contributed by atoms with E-state index in [9.17, 15) is 5.11 Å². The van der Waals surface area contributed by atoms with Crippen LogP contribution in [0.5, 0.6) is 11.5 Å². The predicted molar refractivity (Wildman–Crippen MR) is 46.8 cm³/mol. The predicted octanol–water partition coefficient (Wildman–Crippen LogP) is 1.75. The summed E-state index contributed by atoms with van der Waals surface area (Å²) < 4.78 is 5.40. The summed E-state index contributed by atoms with van der Waals surface area (Å²) in [6, 6.07) is 3.26. The number of ether oxygens (including phenoxy) is 1. The van der Waals surface area contributed by atoms with Crippen molar-refractivity contribution in [3.05, 3.63) is 16.6 Å². The summed E-state index contributed by atoms with van der Waals surface area (Å²) in [7, 11) is 1.52. The number of rotatable bonds is 1. The Morgan fingerprint density at radius 3 is 2.73 bits per heavy atom. The molecule has 0 aliphatic carbocycles. The van der Waals surface area contributed by atoms with E-state index >= 15 is 0 Å². The van der Waals surface area contributed by atoms with Crippen LogP contribution in [0, 0.1) is 0 Å². The maximum Gasteiger partial charge on any atom is 0.156 e. The fourth-order valence-electron chi connectivity index (χ4n) is 0.719. The van der Waals surface area contributed by atoms with Gasteiger partial charge in [-0.25, -0.2) is 0 Å². The van der Waals surface area contributed by atoms with E-state index in [0.717, 1.165) is 0 Å². The van der Waals surface area contributed by atoms with Crippen LogP contribution in [-0.4, -0.2) is 12.2 Å². The second kappa shape index (κ2) is 3.00. The Bertz CT molecular complexity index is 275. The standard InChI is InChI=1S/C7H8BrNO2/c1-11-5-3-2-4(9)7(10)6(5)8/h2-3,10H,9H2,1H3. The van der Waals surface area contributed by atoms with Crippen molar-refractivity contribution in [3.63, 3.8) is 0 Å². The van der Waals surface area contributed by atoms with Gasteiger partial charge in [-0.3, -0.25) is 0 Å². The topological polar surface area (TPSA) is 55.5 Å². The fourth-order valence-corrected chi connectivity index (χ4v) is 1.24. The van der Waals surface area contributed by atoms with E-state index in [4.69, 9.17) is 10.5 Å². The van der Waals surface area contributed by atoms with E-state index in [1.165, 1.54) is 7.11 Å². The number of phenols is 1. The summed E-state index contributed by atoms with van der Waals surface area (Å²) in [6.07, 6.45) is 0. The SMILES string of the molecule is COc1ccc(N)c(O)c1Br. The molecule has 0 saturated carbocycles. The van der Waals surface area contributed by atoms with Crippen molar-refractivity contribution in [2.24, 2.45) is 0 Å². The Labute approximate surface area is 72.9 Å². The second-order valence-electron chi connectivity index (χ2n) is 2.02. The lowest BCUT2D eigenvalue weighted by atomic mass is 10.3. The van der Waals surface area contributed by atoms with Crippen molar-refractivity contribution in [1.82, 2.24) is 0 Å². The number of anilines is 1. The Balaban J connectivity index is 3.25. The summed E-state index contributed by atoms with van der Waals surface area (Å²) in [5.41, 5.74) is 5.74. The molecular weight excluding hydrogens is 210 g/mol. The molecule has 3 N–H and O–H groups in total. The molecule has 0 spiro atoms. The van der Waals surface area contributed by atoms with Crippen LogP contribution in [0.4, 0.5) is 5.69 Å². The van der Waals surface area contributed by atoms with Gasteiger partial charge in [0.25, 0.3) is 0 Å². The van der Waals surface area contributed by atoms with E-state index in [2.05, 4.69) is 15.9 Å². The number of nitrogens with two attached hydrogens (primary N) is 1. The van der Waals surface area contributed by atoms with Gasteiger partial charge in [0.1, 0.15) is 10.2 Å². The summed E-state index contributed by atoms with van der Waals surface area (Å²) in [5.74, 6) is 0.584. The van der Waals surface area contributed by atoms with Crippen LogP contribution in [0.15, 0.2) is 16.6 Å². The minimum absolute atomic E-state index is 0.0179. The molecular formula is C7H8BrNO2. The van der Waals surface area contributed by atoms with Gasteiger partial charge in [0.2, 0.25) is 0 Å². The number of aromatic hydroxyl groups is 1. The van der Waals surface area contributed by atoms with E-state index in [-0.39, 0.29) is 5.75 Å². The van der Waals surface area contributed by atoms with Crippen molar-refractivity contribution in [1.29, 1.82) is 0 Å². The lowest BCUT2D eigenvalue weighted by molar-refractivity contribution is 0.404. The number of hydrogen-bond donors (Lipinski definition) is 2. The average molecular weight is 218 g/mol. The Morgan fingerprint density at radius 1 is 1.55 bits per heavy atom. The van der Waals surface area contributed by atoms with Gasteiger partial charge < -0.3 is 15.6 Å². The molecule has 0 unspecified atom stereocenters. The molecule has 0 heterocycles. The highest BCUT2D eigenvalue weighted by Gasteiger charge is 2.07. The monoisotopic (exact) mass is 217 g/mol. The molecule has 0 aliphatic heterocycles. The third-order valence-electron chi connectivity index (χ3n) is 1.33. The largest absolute Gasteiger partial charge is 0.505 e. The van der Waals surface area contributed by atoms with Gasteiger partial charge in [0, 0.05) is 0 Å². The normalized spacial score (nSPS) is 9.64. The highest BCUT2D eigenvalue weighted by atomic mass is 79.9. The number of phenolic OH excluding ortho intramolecular Hbond substituents is 1. The van der Waals surface area contributed by atoms with Gasteiger partial charge in [0.05, 0.1) is 12.8 Å². The summed E-state index contributed by atoms with van der Waals surface area (Å²) in [4.78, 5) is 0. The van der Waals surface area contributed by atoms with Crippen LogP contribution in [0.25, 0.3) is 0 Å². The summed E-state index contributed by atoms with van der Waals surface area (Å²) in [5, 5.41) is 9.27. The minimum atomic E-state index is 0.0179. The van der Waals surface area contributed by atoms with Crippen LogP contribution in [-0.2, 0) is 0 Å². The zero-order chi connectivity index (χ0) is 8.43. The number of hydrogen-bond acceptors (Lipinski definition) is 3. The van der Waals surface area contributed by atoms with Crippen molar-refractivity contribution >= 4 is 21.6 Å². The summed E-state index contributed by atoms with van der Waals surface area (Å²) in [6.45, 7) is 0. The van der Waals surface area contributed by atoms with Crippen LogP contribution >= 0.6 is 15.9 Å². The first kappa shape index (κ1) is 8.20. The molecule has 4 heteroatoms. The Kier molecular flexibility index (Phi) is 2.24. The number of methoxy groups -OCH3 is 1. The van der Waals surface area contributed by atoms with Crippen LogP contribution in [0.1, 0.15) is 0 Å².